The van der Waals surface area contributed by atoms with Gasteiger partial charge in [0.25, 0.3) is 0 Å². The quantitative estimate of drug-likeness (QED) is 0.903. The highest BCUT2D eigenvalue weighted by Gasteiger charge is 2.34. The SMILES string of the molecule is COc1ccc(C2(C)CCCN2)c(OC)c1C(C)C. The third-order valence-electron chi connectivity index (χ3n) is 4.12. The zero-order valence-corrected chi connectivity index (χ0v) is 12.7. The van der Waals surface area contributed by atoms with Gasteiger partial charge in [-0.2, -0.15) is 0 Å². The van der Waals surface area contributed by atoms with Crippen molar-refractivity contribution in [3.63, 3.8) is 0 Å². The Morgan fingerprint density at radius 3 is 2.42 bits per heavy atom. The maximum Gasteiger partial charge on any atom is 0.131 e. The molecule has 1 saturated heterocycles. The molecule has 106 valence electrons. The van der Waals surface area contributed by atoms with E-state index in [0.717, 1.165) is 30.0 Å². The Balaban J connectivity index is 2.59. The highest BCUT2D eigenvalue weighted by molar-refractivity contribution is 5.54. The summed E-state index contributed by atoms with van der Waals surface area (Å²) < 4.78 is 11.2. The lowest BCUT2D eigenvalue weighted by Crippen LogP contribution is -2.33. The van der Waals surface area contributed by atoms with E-state index in [1.54, 1.807) is 14.2 Å². The number of methoxy groups -OCH3 is 2. The van der Waals surface area contributed by atoms with E-state index < -0.39 is 0 Å². The van der Waals surface area contributed by atoms with Gasteiger partial charge >= 0.3 is 0 Å². The minimum atomic E-state index is 0.0151. The van der Waals surface area contributed by atoms with Crippen molar-refractivity contribution in [3.8, 4) is 11.5 Å². The first kappa shape index (κ1) is 14.2. The predicted octanol–water partition coefficient (Wildman–Crippen LogP) is 3.43. The highest BCUT2D eigenvalue weighted by Crippen LogP contribution is 2.44. The lowest BCUT2D eigenvalue weighted by molar-refractivity contribution is 0.354. The summed E-state index contributed by atoms with van der Waals surface area (Å²) in [5, 5.41) is 3.61. The van der Waals surface area contributed by atoms with Gasteiger partial charge in [-0.3, -0.25) is 0 Å². The van der Waals surface area contributed by atoms with Crippen LogP contribution < -0.4 is 14.8 Å². The number of nitrogens with one attached hydrogen (secondary N) is 1. The molecule has 1 heterocycles. The fourth-order valence-corrected chi connectivity index (χ4v) is 3.09. The molecule has 1 aliphatic rings. The van der Waals surface area contributed by atoms with Crippen molar-refractivity contribution in [1.29, 1.82) is 0 Å². The summed E-state index contributed by atoms with van der Waals surface area (Å²) in [6, 6.07) is 4.21. The fraction of sp³-hybridized carbons (Fsp3) is 0.625. The molecule has 1 aliphatic heterocycles. The van der Waals surface area contributed by atoms with Crippen LogP contribution in [0.1, 0.15) is 50.7 Å². The van der Waals surface area contributed by atoms with E-state index >= 15 is 0 Å². The molecule has 0 amide bonds. The van der Waals surface area contributed by atoms with Gasteiger partial charge in [0.1, 0.15) is 11.5 Å². The third-order valence-corrected chi connectivity index (χ3v) is 4.12. The maximum absolute atomic E-state index is 5.74. The van der Waals surface area contributed by atoms with Gasteiger partial charge in [0, 0.05) is 16.7 Å². The number of rotatable bonds is 4. The van der Waals surface area contributed by atoms with Crippen LogP contribution in [0.3, 0.4) is 0 Å². The van der Waals surface area contributed by atoms with Crippen molar-refractivity contribution in [2.75, 3.05) is 20.8 Å². The van der Waals surface area contributed by atoms with Crippen molar-refractivity contribution in [3.05, 3.63) is 23.3 Å². The molecule has 1 aromatic carbocycles. The molecule has 0 aromatic heterocycles. The largest absolute Gasteiger partial charge is 0.496 e. The molecule has 0 radical (unpaired) electrons. The first-order valence-electron chi connectivity index (χ1n) is 7.04. The molecule has 1 N–H and O–H groups in total. The van der Waals surface area contributed by atoms with Crippen LogP contribution >= 0.6 is 0 Å². The molecule has 1 fully saturated rings. The first-order valence-corrected chi connectivity index (χ1v) is 7.04. The number of hydrogen-bond donors (Lipinski definition) is 1. The molecule has 0 aliphatic carbocycles. The lowest BCUT2D eigenvalue weighted by Gasteiger charge is -2.29. The highest BCUT2D eigenvalue weighted by atomic mass is 16.5. The lowest BCUT2D eigenvalue weighted by atomic mass is 9.86. The van der Waals surface area contributed by atoms with E-state index in [1.165, 1.54) is 12.0 Å². The van der Waals surface area contributed by atoms with Gasteiger partial charge in [-0.05, 0) is 44.4 Å². The zero-order valence-electron chi connectivity index (χ0n) is 12.7. The van der Waals surface area contributed by atoms with Crippen LogP contribution in [-0.4, -0.2) is 20.8 Å². The van der Waals surface area contributed by atoms with Crippen LogP contribution in [0.5, 0.6) is 11.5 Å². The van der Waals surface area contributed by atoms with Crippen LogP contribution in [0, 0.1) is 0 Å². The molecular formula is C16H25NO2. The zero-order chi connectivity index (χ0) is 14.0. The summed E-state index contributed by atoms with van der Waals surface area (Å²) >= 11 is 0. The van der Waals surface area contributed by atoms with Crippen LogP contribution in [0.2, 0.25) is 0 Å². The van der Waals surface area contributed by atoms with Crippen molar-refractivity contribution >= 4 is 0 Å². The average molecular weight is 263 g/mol. The monoisotopic (exact) mass is 263 g/mol. The van der Waals surface area contributed by atoms with Crippen molar-refractivity contribution in [1.82, 2.24) is 5.32 Å². The summed E-state index contributed by atoms with van der Waals surface area (Å²) in [5.74, 6) is 2.26. The smallest absolute Gasteiger partial charge is 0.131 e. The Kier molecular flexibility index (Phi) is 4.04. The topological polar surface area (TPSA) is 30.5 Å². The summed E-state index contributed by atoms with van der Waals surface area (Å²) in [7, 11) is 3.47. The Hall–Kier alpha value is -1.22. The van der Waals surface area contributed by atoms with Crippen molar-refractivity contribution < 1.29 is 9.47 Å². The number of ether oxygens (including phenoxy) is 2. The van der Waals surface area contributed by atoms with Crippen molar-refractivity contribution in [2.24, 2.45) is 0 Å². The van der Waals surface area contributed by atoms with Gasteiger partial charge in [0.15, 0.2) is 0 Å². The molecule has 0 bridgehead atoms. The molecular weight excluding hydrogens is 238 g/mol. The van der Waals surface area contributed by atoms with E-state index in [0.29, 0.717) is 5.92 Å². The summed E-state index contributed by atoms with van der Waals surface area (Å²) in [4.78, 5) is 0. The molecule has 2 rings (SSSR count). The van der Waals surface area contributed by atoms with Gasteiger partial charge in [-0.1, -0.05) is 13.8 Å². The molecule has 0 saturated carbocycles. The standard InChI is InChI=1S/C16H25NO2/c1-11(2)14-13(18-4)8-7-12(15(14)19-5)16(3)9-6-10-17-16/h7-8,11,17H,6,9-10H2,1-5H3. The van der Waals surface area contributed by atoms with E-state index in [9.17, 15) is 0 Å². The van der Waals surface area contributed by atoms with Crippen LogP contribution in [0.15, 0.2) is 12.1 Å². The second-order valence-electron chi connectivity index (χ2n) is 5.78. The number of hydrogen-bond acceptors (Lipinski definition) is 3. The van der Waals surface area contributed by atoms with Gasteiger partial charge in [0.05, 0.1) is 14.2 Å². The first-order chi connectivity index (χ1) is 9.03. The van der Waals surface area contributed by atoms with E-state index in [-0.39, 0.29) is 5.54 Å². The molecule has 1 unspecified atom stereocenters. The Morgan fingerprint density at radius 1 is 1.21 bits per heavy atom. The molecule has 3 heteroatoms. The molecule has 0 spiro atoms. The molecule has 19 heavy (non-hydrogen) atoms. The molecule has 1 aromatic rings. The Labute approximate surface area is 116 Å². The van der Waals surface area contributed by atoms with Gasteiger partial charge in [-0.15, -0.1) is 0 Å². The normalized spacial score (nSPS) is 22.8. The Morgan fingerprint density at radius 2 is 1.95 bits per heavy atom. The fourth-order valence-electron chi connectivity index (χ4n) is 3.09. The van der Waals surface area contributed by atoms with Crippen molar-refractivity contribution in [2.45, 2.75) is 45.1 Å². The summed E-state index contributed by atoms with van der Waals surface area (Å²) in [6.45, 7) is 7.68. The minimum Gasteiger partial charge on any atom is -0.496 e. The predicted molar refractivity (Wildman–Crippen MR) is 78.2 cm³/mol. The van der Waals surface area contributed by atoms with Gasteiger partial charge < -0.3 is 14.8 Å². The summed E-state index contributed by atoms with van der Waals surface area (Å²) in [5.41, 5.74) is 2.43. The van der Waals surface area contributed by atoms with Crippen LogP contribution in [-0.2, 0) is 5.54 Å². The van der Waals surface area contributed by atoms with Gasteiger partial charge in [0.2, 0.25) is 0 Å². The second-order valence-corrected chi connectivity index (χ2v) is 5.78. The number of benzene rings is 1. The minimum absolute atomic E-state index is 0.0151. The van der Waals surface area contributed by atoms with E-state index in [2.05, 4.69) is 38.2 Å². The van der Waals surface area contributed by atoms with Crippen LogP contribution in [0.25, 0.3) is 0 Å². The van der Waals surface area contributed by atoms with E-state index in [1.807, 2.05) is 0 Å². The Bertz CT molecular complexity index is 448. The molecule has 1 atom stereocenters. The second kappa shape index (κ2) is 5.41. The molecule has 3 nitrogen and oxygen atoms in total. The van der Waals surface area contributed by atoms with Gasteiger partial charge in [-0.25, -0.2) is 0 Å². The van der Waals surface area contributed by atoms with E-state index in [4.69, 9.17) is 9.47 Å². The third kappa shape index (κ3) is 2.44. The maximum atomic E-state index is 5.74. The summed E-state index contributed by atoms with van der Waals surface area (Å²) in [6.07, 6.45) is 2.36. The average Bonchev–Trinajstić information content (AvgIpc) is 2.84. The van der Waals surface area contributed by atoms with Crippen LogP contribution in [0.4, 0.5) is 0 Å².